The second-order valence-electron chi connectivity index (χ2n) is 6.42. The summed E-state index contributed by atoms with van der Waals surface area (Å²) >= 11 is 1.38. The van der Waals surface area contributed by atoms with Gasteiger partial charge in [-0.25, -0.2) is 0 Å². The Hall–Kier alpha value is -2.54. The molecule has 2 heterocycles. The maximum Gasteiger partial charge on any atom is 0.230 e. The quantitative estimate of drug-likeness (QED) is 0.647. The van der Waals surface area contributed by atoms with Gasteiger partial charge in [0.15, 0.2) is 16.7 Å². The van der Waals surface area contributed by atoms with Gasteiger partial charge in [-0.3, -0.25) is 4.79 Å². The van der Waals surface area contributed by atoms with Gasteiger partial charge in [-0.1, -0.05) is 42.1 Å². The van der Waals surface area contributed by atoms with E-state index in [1.807, 2.05) is 41.9 Å². The number of hydrogen-bond acceptors (Lipinski definition) is 5. The molecule has 2 aromatic heterocycles. The van der Waals surface area contributed by atoms with Crippen LogP contribution in [0.2, 0.25) is 0 Å². The zero-order valence-electron chi connectivity index (χ0n) is 14.5. The van der Waals surface area contributed by atoms with Crippen LogP contribution in [0.3, 0.4) is 0 Å². The molecule has 134 valence electrons. The molecule has 7 heteroatoms. The minimum Gasteiger partial charge on any atom is -0.461 e. The standard InChI is InChI=1S/C19H20N4O2S/c1-23-18(15-8-5-11-25-15)21-22-19(23)26-12-16(24)20-17(14-9-10-14)13-6-3-2-4-7-13/h2-8,11,14,17H,9-10,12H2,1H3,(H,20,24). The summed E-state index contributed by atoms with van der Waals surface area (Å²) in [5.41, 5.74) is 1.17. The van der Waals surface area contributed by atoms with Crippen molar-refractivity contribution < 1.29 is 9.21 Å². The molecule has 1 unspecified atom stereocenters. The molecule has 0 radical (unpaired) electrons. The topological polar surface area (TPSA) is 73.0 Å². The lowest BCUT2D eigenvalue weighted by molar-refractivity contribution is -0.119. The molecule has 0 bridgehead atoms. The van der Waals surface area contributed by atoms with E-state index in [0.29, 0.717) is 28.4 Å². The first-order chi connectivity index (χ1) is 12.7. The normalized spacial score (nSPS) is 15.0. The highest BCUT2D eigenvalue weighted by Crippen LogP contribution is 2.41. The minimum absolute atomic E-state index is 0.0123. The van der Waals surface area contributed by atoms with Crippen LogP contribution in [0.25, 0.3) is 11.6 Å². The van der Waals surface area contributed by atoms with Crippen molar-refractivity contribution in [1.82, 2.24) is 20.1 Å². The fourth-order valence-corrected chi connectivity index (χ4v) is 3.69. The summed E-state index contributed by atoms with van der Waals surface area (Å²) in [5, 5.41) is 12.2. The number of carbonyl (C=O) groups excluding carboxylic acids is 1. The molecule has 0 spiro atoms. The van der Waals surface area contributed by atoms with Crippen LogP contribution in [0, 0.1) is 5.92 Å². The molecule has 4 rings (SSSR count). The van der Waals surface area contributed by atoms with Crippen LogP contribution in [0.5, 0.6) is 0 Å². The third kappa shape index (κ3) is 3.67. The molecule has 26 heavy (non-hydrogen) atoms. The summed E-state index contributed by atoms with van der Waals surface area (Å²) in [6, 6.07) is 13.9. The second kappa shape index (κ2) is 7.37. The molecule has 0 saturated heterocycles. The number of thioether (sulfide) groups is 1. The third-order valence-electron chi connectivity index (χ3n) is 4.48. The third-order valence-corrected chi connectivity index (χ3v) is 5.50. The fourth-order valence-electron chi connectivity index (χ4n) is 2.97. The Morgan fingerprint density at radius 3 is 2.77 bits per heavy atom. The number of hydrogen-bond donors (Lipinski definition) is 1. The minimum atomic E-state index is 0.0123. The SMILES string of the molecule is Cn1c(SCC(=O)NC(c2ccccc2)C2CC2)nnc1-c1ccco1. The lowest BCUT2D eigenvalue weighted by Gasteiger charge is -2.18. The van der Waals surface area contributed by atoms with Gasteiger partial charge in [-0.2, -0.15) is 0 Å². The first-order valence-electron chi connectivity index (χ1n) is 8.63. The highest BCUT2D eigenvalue weighted by Gasteiger charge is 2.33. The van der Waals surface area contributed by atoms with Gasteiger partial charge in [-0.15, -0.1) is 10.2 Å². The Morgan fingerprint density at radius 2 is 2.08 bits per heavy atom. The summed E-state index contributed by atoms with van der Waals surface area (Å²) in [6.07, 6.45) is 3.94. The van der Waals surface area contributed by atoms with E-state index < -0.39 is 0 Å². The van der Waals surface area contributed by atoms with Gasteiger partial charge in [0.2, 0.25) is 5.91 Å². The van der Waals surface area contributed by atoms with Crippen molar-refractivity contribution in [2.24, 2.45) is 13.0 Å². The number of nitrogens with zero attached hydrogens (tertiary/aromatic N) is 3. The number of amides is 1. The number of aromatic nitrogens is 3. The van der Waals surface area contributed by atoms with Crippen molar-refractivity contribution in [3.8, 4) is 11.6 Å². The van der Waals surface area contributed by atoms with Crippen LogP contribution < -0.4 is 5.32 Å². The van der Waals surface area contributed by atoms with Gasteiger partial charge in [0.25, 0.3) is 0 Å². The van der Waals surface area contributed by atoms with Crippen LogP contribution in [0.15, 0.2) is 58.3 Å². The van der Waals surface area contributed by atoms with Crippen LogP contribution >= 0.6 is 11.8 Å². The predicted molar refractivity (Wildman–Crippen MR) is 99.5 cm³/mol. The molecule has 1 amide bonds. The van der Waals surface area contributed by atoms with Gasteiger partial charge in [-0.05, 0) is 36.5 Å². The highest BCUT2D eigenvalue weighted by atomic mass is 32.2. The van der Waals surface area contributed by atoms with Gasteiger partial charge < -0.3 is 14.3 Å². The lowest BCUT2D eigenvalue weighted by Crippen LogP contribution is -2.31. The number of rotatable bonds is 7. The van der Waals surface area contributed by atoms with E-state index in [2.05, 4.69) is 27.6 Å². The molecule has 1 N–H and O–H groups in total. The van der Waals surface area contributed by atoms with Gasteiger partial charge >= 0.3 is 0 Å². The van der Waals surface area contributed by atoms with Crippen molar-refractivity contribution in [3.05, 3.63) is 54.3 Å². The zero-order chi connectivity index (χ0) is 17.9. The molecule has 3 aromatic rings. The summed E-state index contributed by atoms with van der Waals surface area (Å²) in [5.74, 6) is 2.18. The average molecular weight is 368 g/mol. The largest absolute Gasteiger partial charge is 0.461 e. The number of carbonyl (C=O) groups is 1. The van der Waals surface area contributed by atoms with Crippen molar-refractivity contribution >= 4 is 17.7 Å². The Kier molecular flexibility index (Phi) is 4.79. The Labute approximate surface area is 156 Å². The molecule has 1 aliphatic rings. The molecule has 1 saturated carbocycles. The first-order valence-corrected chi connectivity index (χ1v) is 9.61. The summed E-state index contributed by atoms with van der Waals surface area (Å²) < 4.78 is 7.20. The van der Waals surface area contributed by atoms with E-state index in [1.54, 1.807) is 6.26 Å². The first kappa shape index (κ1) is 16.9. The maximum absolute atomic E-state index is 12.5. The van der Waals surface area contributed by atoms with Gasteiger partial charge in [0.1, 0.15) is 0 Å². The molecular formula is C19H20N4O2S. The van der Waals surface area contributed by atoms with Crippen LogP contribution in [-0.4, -0.2) is 26.4 Å². The molecule has 1 fully saturated rings. The van der Waals surface area contributed by atoms with E-state index in [-0.39, 0.29) is 11.9 Å². The molecule has 1 aliphatic carbocycles. The van der Waals surface area contributed by atoms with E-state index in [1.165, 1.54) is 30.2 Å². The average Bonchev–Trinajstić information content (AvgIpc) is 3.23. The molecule has 0 aliphatic heterocycles. The van der Waals surface area contributed by atoms with Crippen LogP contribution in [-0.2, 0) is 11.8 Å². The van der Waals surface area contributed by atoms with Crippen molar-refractivity contribution in [2.75, 3.05) is 5.75 Å². The summed E-state index contributed by atoms with van der Waals surface area (Å²) in [6.45, 7) is 0. The monoisotopic (exact) mass is 368 g/mol. The number of furan rings is 1. The van der Waals surface area contributed by atoms with Crippen LogP contribution in [0.4, 0.5) is 0 Å². The lowest BCUT2D eigenvalue weighted by atomic mass is 10.0. The second-order valence-corrected chi connectivity index (χ2v) is 7.37. The smallest absolute Gasteiger partial charge is 0.230 e. The zero-order valence-corrected chi connectivity index (χ0v) is 15.3. The van der Waals surface area contributed by atoms with Crippen molar-refractivity contribution in [3.63, 3.8) is 0 Å². The van der Waals surface area contributed by atoms with E-state index in [0.717, 1.165) is 0 Å². The van der Waals surface area contributed by atoms with Crippen molar-refractivity contribution in [2.45, 2.75) is 24.0 Å². The Bertz CT molecular complexity index is 872. The molecular weight excluding hydrogens is 348 g/mol. The summed E-state index contributed by atoms with van der Waals surface area (Å²) in [4.78, 5) is 12.5. The van der Waals surface area contributed by atoms with E-state index in [9.17, 15) is 4.79 Å². The maximum atomic E-state index is 12.5. The van der Waals surface area contributed by atoms with Crippen LogP contribution in [0.1, 0.15) is 24.4 Å². The van der Waals surface area contributed by atoms with E-state index in [4.69, 9.17) is 4.42 Å². The highest BCUT2D eigenvalue weighted by molar-refractivity contribution is 7.99. The van der Waals surface area contributed by atoms with Gasteiger partial charge in [0.05, 0.1) is 18.1 Å². The summed E-state index contributed by atoms with van der Waals surface area (Å²) in [7, 11) is 1.87. The number of benzene rings is 1. The predicted octanol–water partition coefficient (Wildman–Crippen LogP) is 3.43. The Morgan fingerprint density at radius 1 is 1.27 bits per heavy atom. The fraction of sp³-hybridized carbons (Fsp3) is 0.316. The molecule has 1 atom stereocenters. The molecule has 1 aromatic carbocycles. The van der Waals surface area contributed by atoms with Gasteiger partial charge in [0, 0.05) is 7.05 Å². The van der Waals surface area contributed by atoms with E-state index >= 15 is 0 Å². The van der Waals surface area contributed by atoms with Crippen molar-refractivity contribution in [1.29, 1.82) is 0 Å². The number of nitrogens with one attached hydrogen (secondary N) is 1. The molecule has 6 nitrogen and oxygen atoms in total. The Balaban J connectivity index is 1.38.